The van der Waals surface area contributed by atoms with Gasteiger partial charge in [-0.25, -0.2) is 8.78 Å². The molecule has 2 aromatic heterocycles. The highest BCUT2D eigenvalue weighted by atomic mass is 32.1. The molecule has 4 aromatic rings. The highest BCUT2D eigenvalue weighted by Gasteiger charge is 2.34. The number of hydrogen-bond donors (Lipinski definition) is 1. The lowest BCUT2D eigenvalue weighted by molar-refractivity contribution is -0.127. The van der Waals surface area contributed by atoms with Gasteiger partial charge in [-0.2, -0.15) is 4.80 Å². The van der Waals surface area contributed by atoms with Crippen LogP contribution in [0.2, 0.25) is 0 Å². The zero-order valence-corrected chi connectivity index (χ0v) is 21.2. The molecule has 0 bridgehead atoms. The van der Waals surface area contributed by atoms with Crippen molar-refractivity contribution >= 4 is 28.8 Å². The van der Waals surface area contributed by atoms with Crippen LogP contribution in [0.1, 0.15) is 31.2 Å². The molecule has 0 aliphatic heterocycles. The number of anilines is 1. The number of nitrogens with one attached hydrogen (secondary N) is 1. The Morgan fingerprint density at radius 2 is 1.84 bits per heavy atom. The van der Waals surface area contributed by atoms with E-state index in [0.29, 0.717) is 22.9 Å². The number of halogens is 2. The number of nitrogens with zero attached hydrogens (tertiary/aromatic N) is 5. The Hall–Kier alpha value is -3.99. The first kappa shape index (κ1) is 26.1. The van der Waals surface area contributed by atoms with Crippen LogP contribution in [0.4, 0.5) is 14.5 Å². The average molecular weight is 525 g/mol. The number of tetrazole rings is 1. The average Bonchev–Trinajstić information content (AvgIpc) is 3.55. The van der Waals surface area contributed by atoms with Gasteiger partial charge in [0.2, 0.25) is 11.7 Å². The van der Waals surface area contributed by atoms with Crippen LogP contribution in [0.5, 0.6) is 0 Å². The van der Waals surface area contributed by atoms with Gasteiger partial charge in [-0.15, -0.1) is 21.5 Å². The van der Waals surface area contributed by atoms with Gasteiger partial charge in [0.15, 0.2) is 0 Å². The molecule has 0 radical (unpaired) electrons. The normalized spacial score (nSPS) is 11.9. The molecule has 0 unspecified atom stereocenters. The predicted molar refractivity (Wildman–Crippen MR) is 137 cm³/mol. The summed E-state index contributed by atoms with van der Waals surface area (Å²) >= 11 is 1.32. The number of benzene rings is 2. The van der Waals surface area contributed by atoms with Crippen molar-refractivity contribution in [2.24, 2.45) is 5.92 Å². The van der Waals surface area contributed by atoms with Crippen LogP contribution < -0.4 is 10.2 Å². The summed E-state index contributed by atoms with van der Waals surface area (Å²) in [7, 11) is 0. The Bertz CT molecular complexity index is 1340. The van der Waals surface area contributed by atoms with Crippen molar-refractivity contribution in [2.75, 3.05) is 11.4 Å². The van der Waals surface area contributed by atoms with Crippen LogP contribution in [0.25, 0.3) is 11.4 Å². The van der Waals surface area contributed by atoms with E-state index in [0.717, 1.165) is 11.2 Å². The van der Waals surface area contributed by atoms with Crippen molar-refractivity contribution in [3.05, 3.63) is 82.6 Å². The summed E-state index contributed by atoms with van der Waals surface area (Å²) in [5, 5.41) is 16.9. The van der Waals surface area contributed by atoms with E-state index in [-0.39, 0.29) is 24.0 Å². The molecule has 0 fully saturated rings. The summed E-state index contributed by atoms with van der Waals surface area (Å²) in [5.41, 5.74) is 0.754. The van der Waals surface area contributed by atoms with E-state index < -0.39 is 23.6 Å². The Kier molecular flexibility index (Phi) is 8.34. The summed E-state index contributed by atoms with van der Waals surface area (Å²) in [6, 6.07) is 13.6. The second kappa shape index (κ2) is 11.8. The Labute approximate surface area is 216 Å². The third-order valence-corrected chi connectivity index (χ3v) is 6.45. The number of amides is 2. The molecule has 0 saturated heterocycles. The molecule has 1 N–H and O–H groups in total. The molecule has 0 aliphatic carbocycles. The molecule has 192 valence electrons. The summed E-state index contributed by atoms with van der Waals surface area (Å²) in [6.07, 6.45) is 0.770. The first-order valence-electron chi connectivity index (χ1n) is 11.7. The van der Waals surface area contributed by atoms with E-state index in [9.17, 15) is 18.4 Å². The summed E-state index contributed by atoms with van der Waals surface area (Å²) in [4.78, 5) is 30.1. The highest BCUT2D eigenvalue weighted by molar-refractivity contribution is 7.10. The molecule has 37 heavy (non-hydrogen) atoms. The minimum atomic E-state index is -1.03. The van der Waals surface area contributed by atoms with Gasteiger partial charge >= 0.3 is 0 Å². The first-order valence-corrected chi connectivity index (χ1v) is 12.6. The Morgan fingerprint density at radius 3 is 2.51 bits per heavy atom. The minimum Gasteiger partial charge on any atom is -0.354 e. The monoisotopic (exact) mass is 524 g/mol. The molecule has 2 aromatic carbocycles. The summed E-state index contributed by atoms with van der Waals surface area (Å²) < 4.78 is 27.5. The lowest BCUT2D eigenvalue weighted by Crippen LogP contribution is -2.45. The van der Waals surface area contributed by atoms with Crippen molar-refractivity contribution in [3.63, 3.8) is 0 Å². The fourth-order valence-corrected chi connectivity index (χ4v) is 4.50. The largest absolute Gasteiger partial charge is 0.354 e. The van der Waals surface area contributed by atoms with Crippen LogP contribution in [0, 0.1) is 17.6 Å². The Balaban J connectivity index is 1.65. The zero-order chi connectivity index (χ0) is 26.4. The van der Waals surface area contributed by atoms with Gasteiger partial charge in [0.05, 0.1) is 0 Å². The molecule has 0 aliphatic rings. The maximum Gasteiger partial charge on any atom is 0.251 e. The van der Waals surface area contributed by atoms with Gasteiger partial charge in [0, 0.05) is 22.7 Å². The number of carbonyl (C=O) groups excluding carboxylic acids is 2. The number of carbonyl (C=O) groups is 2. The molecule has 0 saturated carbocycles. The topological polar surface area (TPSA) is 93.0 Å². The van der Waals surface area contributed by atoms with Crippen molar-refractivity contribution in [1.82, 2.24) is 25.5 Å². The lowest BCUT2D eigenvalue weighted by Gasteiger charge is -2.30. The van der Waals surface area contributed by atoms with Crippen LogP contribution >= 0.6 is 11.3 Å². The number of rotatable bonds is 10. The second-order valence-electron chi connectivity index (χ2n) is 8.79. The van der Waals surface area contributed by atoms with Gasteiger partial charge in [0.1, 0.15) is 24.2 Å². The molecule has 1 atom stereocenters. The molecule has 2 heterocycles. The van der Waals surface area contributed by atoms with E-state index in [1.807, 2.05) is 5.38 Å². The quantitative estimate of drug-likeness (QED) is 0.327. The third kappa shape index (κ3) is 6.62. The molecular formula is C26H26F2N6O2S. The van der Waals surface area contributed by atoms with E-state index in [1.54, 1.807) is 18.2 Å². The predicted octanol–water partition coefficient (Wildman–Crippen LogP) is 4.62. The van der Waals surface area contributed by atoms with E-state index in [1.165, 1.54) is 58.7 Å². The fraction of sp³-hybridized carbons (Fsp3) is 0.269. The van der Waals surface area contributed by atoms with Crippen molar-refractivity contribution in [2.45, 2.75) is 32.9 Å². The van der Waals surface area contributed by atoms with Crippen LogP contribution in [-0.2, 0) is 16.1 Å². The zero-order valence-electron chi connectivity index (χ0n) is 20.3. The van der Waals surface area contributed by atoms with Crippen LogP contribution in [0.15, 0.2) is 66.0 Å². The molecule has 4 rings (SSSR count). The van der Waals surface area contributed by atoms with Gasteiger partial charge in [-0.1, -0.05) is 26.0 Å². The Morgan fingerprint density at radius 1 is 1.05 bits per heavy atom. The maximum absolute atomic E-state index is 14.2. The summed E-state index contributed by atoms with van der Waals surface area (Å²) in [6.45, 7) is 4.19. The van der Waals surface area contributed by atoms with Gasteiger partial charge in [0.25, 0.3) is 5.91 Å². The smallest absolute Gasteiger partial charge is 0.251 e. The van der Waals surface area contributed by atoms with Crippen molar-refractivity contribution in [3.8, 4) is 11.4 Å². The number of hydrogen-bond acceptors (Lipinski definition) is 6. The molecular weight excluding hydrogens is 498 g/mol. The maximum atomic E-state index is 14.2. The third-order valence-electron chi connectivity index (χ3n) is 5.53. The van der Waals surface area contributed by atoms with Crippen LogP contribution in [0.3, 0.4) is 0 Å². The minimum absolute atomic E-state index is 0.214. The molecule has 11 heteroatoms. The van der Waals surface area contributed by atoms with E-state index >= 15 is 0 Å². The van der Waals surface area contributed by atoms with Gasteiger partial charge in [-0.05, 0) is 71.5 Å². The summed E-state index contributed by atoms with van der Waals surface area (Å²) in [5.74, 6) is -1.26. The lowest BCUT2D eigenvalue weighted by atomic mass is 10.1. The van der Waals surface area contributed by atoms with Crippen molar-refractivity contribution in [1.29, 1.82) is 0 Å². The van der Waals surface area contributed by atoms with E-state index in [4.69, 9.17) is 0 Å². The molecule has 8 nitrogen and oxygen atoms in total. The molecule has 0 spiro atoms. The van der Waals surface area contributed by atoms with Crippen LogP contribution in [-0.4, -0.2) is 38.6 Å². The number of thiophene rings is 1. The van der Waals surface area contributed by atoms with Gasteiger partial charge in [-0.3, -0.25) is 14.5 Å². The van der Waals surface area contributed by atoms with Gasteiger partial charge < -0.3 is 5.32 Å². The van der Waals surface area contributed by atoms with E-state index in [2.05, 4.69) is 34.6 Å². The SMILES string of the molecule is CC(C)CCNC(=O)[C@H](c1cccs1)N(C(=O)Cn1nnc(-c2ccc(F)cc2)n1)c1cccc(F)c1. The first-order chi connectivity index (χ1) is 17.8. The second-order valence-corrected chi connectivity index (χ2v) is 9.76. The molecule has 2 amide bonds. The standard InChI is InChI=1S/C26H26F2N6O2S/c1-17(2)12-13-29-26(36)24(22-7-4-14-37-22)34(21-6-3-5-20(28)15-21)23(35)16-33-31-25(30-32-33)18-8-10-19(27)11-9-18/h3-11,14-15,17,24H,12-13,16H2,1-2H3,(H,29,36)/t24-/m0/s1. The fourth-order valence-electron chi connectivity index (χ4n) is 3.69. The number of aromatic nitrogens is 4. The van der Waals surface area contributed by atoms with Crippen molar-refractivity contribution < 1.29 is 18.4 Å². The highest BCUT2D eigenvalue weighted by Crippen LogP contribution is 2.31.